The summed E-state index contributed by atoms with van der Waals surface area (Å²) in [5, 5.41) is 1.35. The Morgan fingerprint density at radius 1 is 0.913 bits per heavy atom. The summed E-state index contributed by atoms with van der Waals surface area (Å²) < 4.78 is 0. The zero-order chi connectivity index (χ0) is 16.5. The Kier molecular flexibility index (Phi) is 6.36. The first-order valence-corrected chi connectivity index (χ1v) is 7.93. The summed E-state index contributed by atoms with van der Waals surface area (Å²) in [5.41, 5.74) is 3.34. The van der Waals surface area contributed by atoms with E-state index in [1.54, 1.807) is 12.1 Å². The van der Waals surface area contributed by atoms with Crippen molar-refractivity contribution in [2.75, 3.05) is 5.01 Å². The summed E-state index contributed by atoms with van der Waals surface area (Å²) in [6.07, 6.45) is 2.51. The molecule has 1 aliphatic heterocycles. The van der Waals surface area contributed by atoms with Gasteiger partial charge in [-0.2, -0.15) is 0 Å². The quantitative estimate of drug-likeness (QED) is 0.878. The molecule has 1 aliphatic rings. The molecule has 1 N–H and O–H groups in total. The standard InChI is InChI=1S/C13H16N2O2.C6H6/c1-2-3-9-11-12(16)14-15(13(11)17)10-7-5-4-6-8-10;1-2-4-6-5-3-1/h4-8,11H,2-3,9H2,1H3,(H,14,16);1-6H. The number of para-hydroxylation sites is 1. The Morgan fingerprint density at radius 3 is 1.96 bits per heavy atom. The fraction of sp³-hybridized carbons (Fsp3) is 0.263. The van der Waals surface area contributed by atoms with E-state index in [4.69, 9.17) is 0 Å². The van der Waals surface area contributed by atoms with Crippen molar-refractivity contribution in [3.8, 4) is 0 Å². The largest absolute Gasteiger partial charge is 0.272 e. The van der Waals surface area contributed by atoms with Crippen LogP contribution < -0.4 is 10.4 Å². The molecule has 0 bridgehead atoms. The summed E-state index contributed by atoms with van der Waals surface area (Å²) >= 11 is 0. The smallest absolute Gasteiger partial charge is 0.258 e. The Balaban J connectivity index is 0.000000268. The lowest BCUT2D eigenvalue weighted by Crippen LogP contribution is -2.35. The fourth-order valence-electron chi connectivity index (χ4n) is 2.33. The van der Waals surface area contributed by atoms with Gasteiger partial charge in [-0.3, -0.25) is 15.0 Å². The third kappa shape index (κ3) is 4.68. The van der Waals surface area contributed by atoms with Crippen LogP contribution in [0.2, 0.25) is 0 Å². The van der Waals surface area contributed by atoms with Crippen LogP contribution in [0.5, 0.6) is 0 Å². The van der Waals surface area contributed by atoms with Crippen LogP contribution in [0.4, 0.5) is 5.69 Å². The summed E-state index contributed by atoms with van der Waals surface area (Å²) in [7, 11) is 0. The lowest BCUT2D eigenvalue weighted by atomic mass is 10.0. The Hall–Kier alpha value is -2.62. The van der Waals surface area contributed by atoms with E-state index >= 15 is 0 Å². The summed E-state index contributed by atoms with van der Waals surface area (Å²) in [6, 6.07) is 21.2. The van der Waals surface area contributed by atoms with Gasteiger partial charge in [0, 0.05) is 0 Å². The van der Waals surface area contributed by atoms with Crippen molar-refractivity contribution in [3.05, 3.63) is 66.7 Å². The molecule has 1 fully saturated rings. The van der Waals surface area contributed by atoms with E-state index < -0.39 is 5.92 Å². The van der Waals surface area contributed by atoms with E-state index in [2.05, 4.69) is 5.43 Å². The van der Waals surface area contributed by atoms with Crippen LogP contribution in [0.3, 0.4) is 0 Å². The van der Waals surface area contributed by atoms with Gasteiger partial charge in [0.15, 0.2) is 0 Å². The molecule has 2 aromatic carbocycles. The highest BCUT2D eigenvalue weighted by Gasteiger charge is 2.39. The molecule has 120 valence electrons. The topological polar surface area (TPSA) is 49.4 Å². The highest BCUT2D eigenvalue weighted by atomic mass is 16.2. The molecule has 3 rings (SSSR count). The molecule has 2 amide bonds. The molecule has 4 nitrogen and oxygen atoms in total. The number of benzene rings is 2. The molecular formula is C19H22N2O2. The van der Waals surface area contributed by atoms with Crippen molar-refractivity contribution in [1.29, 1.82) is 0 Å². The van der Waals surface area contributed by atoms with Crippen molar-refractivity contribution in [2.24, 2.45) is 5.92 Å². The predicted molar refractivity (Wildman–Crippen MR) is 91.5 cm³/mol. The van der Waals surface area contributed by atoms with Crippen LogP contribution in [0.15, 0.2) is 66.7 Å². The molecule has 1 heterocycles. The van der Waals surface area contributed by atoms with Gasteiger partial charge >= 0.3 is 0 Å². The van der Waals surface area contributed by atoms with E-state index in [0.29, 0.717) is 12.1 Å². The van der Waals surface area contributed by atoms with Crippen molar-refractivity contribution in [2.45, 2.75) is 26.2 Å². The lowest BCUT2D eigenvalue weighted by molar-refractivity contribution is -0.127. The number of nitrogens with one attached hydrogen (secondary N) is 1. The second kappa shape index (κ2) is 8.73. The third-order valence-corrected chi connectivity index (χ3v) is 3.58. The summed E-state index contributed by atoms with van der Waals surface area (Å²) in [4.78, 5) is 23.8. The highest BCUT2D eigenvalue weighted by molar-refractivity contribution is 6.14. The van der Waals surface area contributed by atoms with Gasteiger partial charge < -0.3 is 0 Å². The van der Waals surface area contributed by atoms with Crippen LogP contribution in [0.1, 0.15) is 26.2 Å². The first-order valence-electron chi connectivity index (χ1n) is 7.93. The maximum atomic E-state index is 12.1. The minimum absolute atomic E-state index is 0.144. The second-order valence-electron chi connectivity index (χ2n) is 5.33. The average Bonchev–Trinajstić information content (AvgIpc) is 2.90. The number of carbonyl (C=O) groups is 2. The molecule has 0 spiro atoms. The Labute approximate surface area is 137 Å². The first-order chi connectivity index (χ1) is 11.2. The van der Waals surface area contributed by atoms with E-state index in [1.807, 2.05) is 61.5 Å². The number of hydrogen-bond donors (Lipinski definition) is 1. The molecule has 0 saturated carbocycles. The molecule has 23 heavy (non-hydrogen) atoms. The van der Waals surface area contributed by atoms with Crippen molar-refractivity contribution >= 4 is 17.5 Å². The van der Waals surface area contributed by atoms with Gasteiger partial charge in [-0.25, -0.2) is 5.01 Å². The number of nitrogens with zero attached hydrogens (tertiary/aromatic N) is 1. The van der Waals surface area contributed by atoms with E-state index in [0.717, 1.165) is 12.8 Å². The van der Waals surface area contributed by atoms with Gasteiger partial charge in [0.2, 0.25) is 0 Å². The van der Waals surface area contributed by atoms with Gasteiger partial charge in [-0.1, -0.05) is 74.4 Å². The maximum absolute atomic E-state index is 12.1. The normalized spacial score (nSPS) is 16.6. The summed E-state index contributed by atoms with van der Waals surface area (Å²) in [5.74, 6) is -0.850. The van der Waals surface area contributed by atoms with Crippen molar-refractivity contribution in [1.82, 2.24) is 5.43 Å². The van der Waals surface area contributed by atoms with Crippen molar-refractivity contribution < 1.29 is 9.59 Å². The molecule has 1 saturated heterocycles. The number of rotatable bonds is 4. The minimum atomic E-state index is -0.518. The van der Waals surface area contributed by atoms with Gasteiger partial charge in [0.1, 0.15) is 5.92 Å². The van der Waals surface area contributed by atoms with Gasteiger partial charge in [-0.15, -0.1) is 0 Å². The van der Waals surface area contributed by atoms with Gasteiger partial charge in [-0.05, 0) is 18.6 Å². The lowest BCUT2D eigenvalue weighted by Gasteiger charge is -2.14. The Bertz CT molecular complexity index is 587. The van der Waals surface area contributed by atoms with E-state index in [1.165, 1.54) is 5.01 Å². The SMILES string of the molecule is CCCCC1C(=O)NN(c2ccccc2)C1=O.c1ccccc1. The number of carbonyl (C=O) groups excluding carboxylic acids is 2. The molecular weight excluding hydrogens is 288 g/mol. The minimum Gasteiger partial charge on any atom is -0.272 e. The number of anilines is 1. The molecule has 2 aromatic rings. The summed E-state index contributed by atoms with van der Waals surface area (Å²) in [6.45, 7) is 2.05. The number of hydrogen-bond acceptors (Lipinski definition) is 2. The zero-order valence-electron chi connectivity index (χ0n) is 13.3. The van der Waals surface area contributed by atoms with E-state index in [9.17, 15) is 9.59 Å². The third-order valence-electron chi connectivity index (χ3n) is 3.58. The van der Waals surface area contributed by atoms with Crippen LogP contribution in [-0.2, 0) is 9.59 Å². The molecule has 0 radical (unpaired) electrons. The molecule has 4 heteroatoms. The van der Waals surface area contributed by atoms with E-state index in [-0.39, 0.29) is 11.8 Å². The molecule has 1 atom stereocenters. The average molecular weight is 310 g/mol. The number of unbranched alkanes of at least 4 members (excludes halogenated alkanes) is 1. The molecule has 1 unspecified atom stereocenters. The van der Waals surface area contributed by atoms with Crippen molar-refractivity contribution in [3.63, 3.8) is 0 Å². The predicted octanol–water partition coefficient (Wildman–Crippen LogP) is 3.56. The van der Waals surface area contributed by atoms with Gasteiger partial charge in [0.05, 0.1) is 5.69 Å². The van der Waals surface area contributed by atoms with Crippen LogP contribution in [0.25, 0.3) is 0 Å². The van der Waals surface area contributed by atoms with Crippen LogP contribution in [0, 0.1) is 5.92 Å². The monoisotopic (exact) mass is 310 g/mol. The Morgan fingerprint density at radius 2 is 1.43 bits per heavy atom. The number of hydrazine groups is 1. The molecule has 0 aromatic heterocycles. The maximum Gasteiger partial charge on any atom is 0.258 e. The number of amides is 2. The fourth-order valence-corrected chi connectivity index (χ4v) is 2.33. The zero-order valence-corrected chi connectivity index (χ0v) is 13.3. The van der Waals surface area contributed by atoms with Crippen LogP contribution >= 0.6 is 0 Å². The molecule has 0 aliphatic carbocycles. The van der Waals surface area contributed by atoms with Gasteiger partial charge in [0.25, 0.3) is 11.8 Å². The first kappa shape index (κ1) is 16.7. The second-order valence-corrected chi connectivity index (χ2v) is 5.33. The van der Waals surface area contributed by atoms with Crippen LogP contribution in [-0.4, -0.2) is 11.8 Å². The highest BCUT2D eigenvalue weighted by Crippen LogP contribution is 2.22.